The lowest BCUT2D eigenvalue weighted by atomic mass is 10.1. The molecule has 11 heteroatoms. The molecule has 1 aliphatic heterocycles. The van der Waals surface area contributed by atoms with Gasteiger partial charge in [0, 0.05) is 45.8 Å². The molecule has 172 valence electrons. The molecule has 0 spiro atoms. The van der Waals surface area contributed by atoms with Crippen molar-refractivity contribution in [2.45, 2.75) is 26.4 Å². The van der Waals surface area contributed by atoms with Crippen LogP contribution in [0.25, 0.3) is 0 Å². The van der Waals surface area contributed by atoms with Gasteiger partial charge in [-0.2, -0.15) is 4.31 Å². The predicted molar refractivity (Wildman–Crippen MR) is 125 cm³/mol. The SMILES string of the molecule is CN=C(NCCc1cc(F)cc(F)c1)N1CCN(S(=O)(=O)CCOC(C)C)CC1.I. The zero-order chi connectivity index (χ0) is 21.4. The number of guanidine groups is 1. The maximum atomic E-state index is 13.3. The van der Waals surface area contributed by atoms with E-state index in [9.17, 15) is 17.2 Å². The number of sulfonamides is 1. The molecule has 1 saturated heterocycles. The van der Waals surface area contributed by atoms with Crippen LogP contribution in [0.2, 0.25) is 0 Å². The number of rotatable bonds is 8. The number of benzene rings is 1. The first-order chi connectivity index (χ1) is 13.7. The van der Waals surface area contributed by atoms with Gasteiger partial charge in [0.15, 0.2) is 5.96 Å². The van der Waals surface area contributed by atoms with Gasteiger partial charge in [0.1, 0.15) is 11.6 Å². The average Bonchev–Trinajstić information content (AvgIpc) is 2.64. The number of halogens is 3. The van der Waals surface area contributed by atoms with Gasteiger partial charge in [0.25, 0.3) is 0 Å². The lowest BCUT2D eigenvalue weighted by Crippen LogP contribution is -2.54. The van der Waals surface area contributed by atoms with Crippen LogP contribution in [0.5, 0.6) is 0 Å². The van der Waals surface area contributed by atoms with Crippen molar-refractivity contribution < 1.29 is 21.9 Å². The van der Waals surface area contributed by atoms with Crippen molar-refractivity contribution in [2.24, 2.45) is 4.99 Å². The van der Waals surface area contributed by atoms with Crippen LogP contribution in [0.1, 0.15) is 19.4 Å². The van der Waals surface area contributed by atoms with E-state index in [-0.39, 0.29) is 42.4 Å². The maximum absolute atomic E-state index is 13.3. The van der Waals surface area contributed by atoms with Crippen molar-refractivity contribution >= 4 is 40.0 Å². The summed E-state index contributed by atoms with van der Waals surface area (Å²) in [5.74, 6) is -0.578. The normalized spacial score (nSPS) is 15.9. The highest BCUT2D eigenvalue weighted by molar-refractivity contribution is 14.0. The highest BCUT2D eigenvalue weighted by atomic mass is 127. The smallest absolute Gasteiger partial charge is 0.216 e. The Morgan fingerprint density at radius 3 is 2.30 bits per heavy atom. The first kappa shape index (κ1) is 27.0. The van der Waals surface area contributed by atoms with E-state index in [4.69, 9.17) is 4.74 Å². The Hall–Kier alpha value is -1.05. The fourth-order valence-corrected chi connectivity index (χ4v) is 4.39. The summed E-state index contributed by atoms with van der Waals surface area (Å²) in [7, 11) is -1.70. The standard InChI is InChI=1S/C19H30F2N4O3S.HI/c1-15(2)28-10-11-29(26,27)25-8-6-24(7-9-25)19(22-3)23-5-4-16-12-17(20)14-18(21)13-16;/h12-15H,4-11H2,1-3H3,(H,22,23);1H. The molecule has 1 aliphatic rings. The summed E-state index contributed by atoms with van der Waals surface area (Å²) in [6.45, 7) is 6.16. The van der Waals surface area contributed by atoms with Gasteiger partial charge in [-0.25, -0.2) is 17.2 Å². The van der Waals surface area contributed by atoms with Gasteiger partial charge in [0.2, 0.25) is 10.0 Å². The molecule has 0 amide bonds. The van der Waals surface area contributed by atoms with E-state index in [0.717, 1.165) is 6.07 Å². The van der Waals surface area contributed by atoms with Crippen LogP contribution in [-0.4, -0.2) is 81.8 Å². The van der Waals surface area contributed by atoms with Crippen molar-refractivity contribution in [3.05, 3.63) is 35.4 Å². The van der Waals surface area contributed by atoms with Gasteiger partial charge in [-0.3, -0.25) is 4.99 Å². The largest absolute Gasteiger partial charge is 0.378 e. The molecule has 0 unspecified atom stereocenters. The average molecular weight is 560 g/mol. The number of aliphatic imine (C=N–C) groups is 1. The minimum Gasteiger partial charge on any atom is -0.378 e. The Bertz CT molecular complexity index is 781. The Kier molecular flexibility index (Phi) is 11.4. The van der Waals surface area contributed by atoms with E-state index in [1.165, 1.54) is 16.4 Å². The second-order valence-corrected chi connectivity index (χ2v) is 9.21. The summed E-state index contributed by atoms with van der Waals surface area (Å²) in [6.07, 6.45) is 0.443. The third kappa shape index (κ3) is 8.60. The number of hydrogen-bond acceptors (Lipinski definition) is 4. The molecule has 2 rings (SSSR count). The molecule has 1 fully saturated rings. The third-order valence-electron chi connectivity index (χ3n) is 4.55. The summed E-state index contributed by atoms with van der Waals surface area (Å²) < 4.78 is 58.2. The minimum atomic E-state index is -3.35. The molecule has 1 N–H and O–H groups in total. The summed E-state index contributed by atoms with van der Waals surface area (Å²) in [4.78, 5) is 6.20. The summed E-state index contributed by atoms with van der Waals surface area (Å²) in [5, 5.41) is 3.17. The zero-order valence-electron chi connectivity index (χ0n) is 17.6. The Labute approximate surface area is 194 Å². The Balaban J connectivity index is 0.00000450. The molecule has 0 saturated carbocycles. The Morgan fingerprint density at radius 1 is 1.17 bits per heavy atom. The van der Waals surface area contributed by atoms with E-state index in [1.54, 1.807) is 7.05 Å². The first-order valence-corrected chi connectivity index (χ1v) is 11.3. The molecule has 1 aromatic carbocycles. The molecule has 0 aliphatic carbocycles. The van der Waals surface area contributed by atoms with E-state index in [1.807, 2.05) is 18.7 Å². The van der Waals surface area contributed by atoms with Crippen molar-refractivity contribution in [2.75, 3.05) is 52.1 Å². The van der Waals surface area contributed by atoms with Crippen LogP contribution in [-0.2, 0) is 21.2 Å². The summed E-state index contributed by atoms with van der Waals surface area (Å²) in [5.41, 5.74) is 0.560. The molecule has 0 aromatic heterocycles. The molecule has 0 bridgehead atoms. The van der Waals surface area contributed by atoms with Crippen molar-refractivity contribution in [3.63, 3.8) is 0 Å². The summed E-state index contributed by atoms with van der Waals surface area (Å²) in [6, 6.07) is 3.46. The van der Waals surface area contributed by atoms with Gasteiger partial charge in [0.05, 0.1) is 18.5 Å². The van der Waals surface area contributed by atoms with Crippen LogP contribution in [0.4, 0.5) is 8.78 Å². The van der Waals surface area contributed by atoms with Crippen molar-refractivity contribution in [1.29, 1.82) is 0 Å². The van der Waals surface area contributed by atoms with Crippen LogP contribution in [0, 0.1) is 11.6 Å². The number of piperazine rings is 1. The molecule has 30 heavy (non-hydrogen) atoms. The lowest BCUT2D eigenvalue weighted by Gasteiger charge is -2.35. The number of nitrogens with zero attached hydrogens (tertiary/aromatic N) is 3. The highest BCUT2D eigenvalue weighted by Crippen LogP contribution is 2.10. The second-order valence-electron chi connectivity index (χ2n) is 7.12. The molecule has 0 radical (unpaired) electrons. The van der Waals surface area contributed by atoms with Gasteiger partial charge < -0.3 is 15.0 Å². The minimum absolute atomic E-state index is 0. The van der Waals surface area contributed by atoms with Crippen LogP contribution < -0.4 is 5.32 Å². The van der Waals surface area contributed by atoms with Crippen molar-refractivity contribution in [3.8, 4) is 0 Å². The highest BCUT2D eigenvalue weighted by Gasteiger charge is 2.27. The van der Waals surface area contributed by atoms with Crippen LogP contribution >= 0.6 is 24.0 Å². The van der Waals surface area contributed by atoms with E-state index >= 15 is 0 Å². The van der Waals surface area contributed by atoms with Gasteiger partial charge >= 0.3 is 0 Å². The van der Waals surface area contributed by atoms with Gasteiger partial charge in [-0.05, 0) is 38.0 Å². The summed E-state index contributed by atoms with van der Waals surface area (Å²) >= 11 is 0. The quantitative estimate of drug-likeness (QED) is 0.300. The monoisotopic (exact) mass is 560 g/mol. The van der Waals surface area contributed by atoms with Gasteiger partial charge in [-0.15, -0.1) is 24.0 Å². The van der Waals surface area contributed by atoms with Crippen LogP contribution in [0.15, 0.2) is 23.2 Å². The molecular formula is C19H31F2IN4O3S. The molecule has 0 atom stereocenters. The van der Waals surface area contributed by atoms with Crippen molar-refractivity contribution in [1.82, 2.24) is 14.5 Å². The molecule has 1 aromatic rings. The van der Waals surface area contributed by atoms with Gasteiger partial charge in [-0.1, -0.05) is 0 Å². The molecule has 1 heterocycles. The molecule has 7 nitrogen and oxygen atoms in total. The topological polar surface area (TPSA) is 74.2 Å². The zero-order valence-corrected chi connectivity index (χ0v) is 20.8. The fraction of sp³-hybridized carbons (Fsp3) is 0.632. The van der Waals surface area contributed by atoms with E-state index in [0.29, 0.717) is 50.7 Å². The second kappa shape index (κ2) is 12.7. The molecular weight excluding hydrogens is 529 g/mol. The Morgan fingerprint density at radius 2 is 1.77 bits per heavy atom. The number of nitrogens with one attached hydrogen (secondary N) is 1. The first-order valence-electron chi connectivity index (χ1n) is 9.71. The maximum Gasteiger partial charge on any atom is 0.216 e. The lowest BCUT2D eigenvalue weighted by molar-refractivity contribution is 0.0904. The predicted octanol–water partition coefficient (Wildman–Crippen LogP) is 2.07. The third-order valence-corrected chi connectivity index (χ3v) is 6.39. The number of ether oxygens (including phenoxy) is 1. The fourth-order valence-electron chi connectivity index (χ4n) is 3.10. The van der Waals surface area contributed by atoms with E-state index < -0.39 is 21.7 Å². The number of hydrogen-bond donors (Lipinski definition) is 1. The van der Waals surface area contributed by atoms with Crippen LogP contribution in [0.3, 0.4) is 0 Å². The van der Waals surface area contributed by atoms with E-state index in [2.05, 4.69) is 10.3 Å².